The Morgan fingerprint density at radius 3 is 2.29 bits per heavy atom. The lowest BCUT2D eigenvalue weighted by atomic mass is 9.79. The maximum Gasteiger partial charge on any atom is 0.411 e. The third-order valence-corrected chi connectivity index (χ3v) is 3.65. The van der Waals surface area contributed by atoms with Crippen LogP contribution in [0.3, 0.4) is 0 Å². The summed E-state index contributed by atoms with van der Waals surface area (Å²) in [7, 11) is 0. The predicted octanol–water partition coefficient (Wildman–Crippen LogP) is 1.69. The first-order valence-electron chi connectivity index (χ1n) is 5.66. The number of aliphatic hydroxyl groups excluding tert-OH is 1. The van der Waals surface area contributed by atoms with Crippen molar-refractivity contribution in [3.8, 4) is 0 Å². The molecule has 3 N–H and O–H groups in total. The number of hydrogen-bond donors (Lipinski definition) is 2. The van der Waals surface area contributed by atoms with Gasteiger partial charge < -0.3 is 15.6 Å². The summed E-state index contributed by atoms with van der Waals surface area (Å²) >= 11 is 0. The molecule has 1 rings (SSSR count). The first-order valence-corrected chi connectivity index (χ1v) is 5.66. The third-order valence-electron chi connectivity index (χ3n) is 3.65. The minimum absolute atomic E-state index is 0.134. The van der Waals surface area contributed by atoms with E-state index in [4.69, 9.17) is 5.73 Å². The zero-order chi connectivity index (χ0) is 13.3. The molecule has 3 nitrogen and oxygen atoms in total. The van der Waals surface area contributed by atoms with E-state index in [1.165, 1.54) is 0 Å². The Morgan fingerprint density at radius 2 is 1.94 bits per heavy atom. The number of rotatable bonds is 4. The molecule has 1 fully saturated rings. The molecule has 2 atom stereocenters. The Morgan fingerprint density at radius 1 is 1.35 bits per heavy atom. The minimum Gasteiger partial charge on any atom is -0.392 e. The van der Waals surface area contributed by atoms with Gasteiger partial charge in [0.1, 0.15) is 6.61 Å². The van der Waals surface area contributed by atoms with Gasteiger partial charge in [-0.3, -0.25) is 0 Å². The molecule has 0 bridgehead atoms. The molecule has 0 aromatic rings. The van der Waals surface area contributed by atoms with Crippen LogP contribution in [0.4, 0.5) is 13.2 Å². The number of nitrogens with two attached hydrogens (primary N) is 1. The molecule has 0 aromatic carbocycles. The molecule has 0 spiro atoms. The zero-order valence-corrected chi connectivity index (χ0v) is 10.2. The Kier molecular flexibility index (Phi) is 4.11. The average Bonchev–Trinajstić information content (AvgIpc) is 2.41. The standard InChI is InChI=1S/C11H20F3NO2/c1-9(2)3-4-10(5-15,8(9)16)6-17-7-11(12,13)14/h8,16H,3-7,15H2,1-2H3. The molecule has 6 heteroatoms. The summed E-state index contributed by atoms with van der Waals surface area (Å²) in [6.07, 6.45) is -3.74. The molecule has 0 amide bonds. The summed E-state index contributed by atoms with van der Waals surface area (Å²) in [5, 5.41) is 10.2. The normalized spacial score (nSPS) is 33.0. The van der Waals surface area contributed by atoms with E-state index in [1.54, 1.807) is 0 Å². The molecule has 1 aliphatic rings. The fraction of sp³-hybridized carbons (Fsp3) is 1.00. The van der Waals surface area contributed by atoms with Gasteiger partial charge in [0.15, 0.2) is 0 Å². The van der Waals surface area contributed by atoms with Gasteiger partial charge in [0.25, 0.3) is 0 Å². The number of hydrogen-bond acceptors (Lipinski definition) is 3. The Bertz CT molecular complexity index is 268. The van der Waals surface area contributed by atoms with Crippen LogP contribution < -0.4 is 5.73 Å². The van der Waals surface area contributed by atoms with E-state index >= 15 is 0 Å². The summed E-state index contributed by atoms with van der Waals surface area (Å²) in [4.78, 5) is 0. The second-order valence-electron chi connectivity index (χ2n) is 5.57. The molecule has 1 aliphatic carbocycles. The van der Waals surface area contributed by atoms with Crippen LogP contribution in [-0.2, 0) is 4.74 Å². The van der Waals surface area contributed by atoms with Crippen molar-refractivity contribution in [1.82, 2.24) is 0 Å². The second-order valence-corrected chi connectivity index (χ2v) is 5.57. The first-order chi connectivity index (χ1) is 7.63. The predicted molar refractivity (Wildman–Crippen MR) is 57.4 cm³/mol. The van der Waals surface area contributed by atoms with Gasteiger partial charge in [-0.05, 0) is 18.3 Å². The maximum absolute atomic E-state index is 12.0. The van der Waals surface area contributed by atoms with Crippen LogP contribution in [0.25, 0.3) is 0 Å². The average molecular weight is 255 g/mol. The van der Waals surface area contributed by atoms with Gasteiger partial charge >= 0.3 is 6.18 Å². The van der Waals surface area contributed by atoms with Crippen molar-refractivity contribution in [1.29, 1.82) is 0 Å². The van der Waals surface area contributed by atoms with Crippen molar-refractivity contribution >= 4 is 0 Å². The van der Waals surface area contributed by atoms with Crippen molar-refractivity contribution < 1.29 is 23.0 Å². The van der Waals surface area contributed by atoms with Crippen molar-refractivity contribution in [2.24, 2.45) is 16.6 Å². The molecule has 0 saturated heterocycles. The van der Waals surface area contributed by atoms with Crippen molar-refractivity contribution in [3.05, 3.63) is 0 Å². The molecular weight excluding hydrogens is 235 g/mol. The lowest BCUT2D eigenvalue weighted by Gasteiger charge is -2.35. The lowest BCUT2D eigenvalue weighted by Crippen LogP contribution is -2.46. The molecule has 17 heavy (non-hydrogen) atoms. The second kappa shape index (κ2) is 4.74. The van der Waals surface area contributed by atoms with Gasteiger partial charge in [0.05, 0.1) is 12.7 Å². The maximum atomic E-state index is 12.0. The summed E-state index contributed by atoms with van der Waals surface area (Å²) in [6.45, 7) is 2.47. The number of ether oxygens (including phenoxy) is 1. The zero-order valence-electron chi connectivity index (χ0n) is 10.2. The van der Waals surface area contributed by atoms with E-state index in [2.05, 4.69) is 4.74 Å². The number of alkyl halides is 3. The fourth-order valence-corrected chi connectivity index (χ4v) is 2.47. The fourth-order valence-electron chi connectivity index (χ4n) is 2.47. The molecule has 0 radical (unpaired) electrons. The first kappa shape index (κ1) is 14.7. The van der Waals surface area contributed by atoms with Crippen LogP contribution in [-0.4, -0.2) is 37.1 Å². The molecule has 1 saturated carbocycles. The molecular formula is C11H20F3NO2. The summed E-state index contributed by atoms with van der Waals surface area (Å²) < 4.78 is 40.6. The Balaban J connectivity index is 2.60. The van der Waals surface area contributed by atoms with Crippen molar-refractivity contribution in [3.63, 3.8) is 0 Å². The highest BCUT2D eigenvalue weighted by molar-refractivity contribution is 5.02. The van der Waals surface area contributed by atoms with Gasteiger partial charge in [0, 0.05) is 12.0 Å². The highest BCUT2D eigenvalue weighted by Gasteiger charge is 2.51. The highest BCUT2D eigenvalue weighted by Crippen LogP contribution is 2.48. The third kappa shape index (κ3) is 3.33. The molecule has 2 unspecified atom stereocenters. The van der Waals surface area contributed by atoms with Crippen LogP contribution in [0.1, 0.15) is 26.7 Å². The van der Waals surface area contributed by atoms with Crippen molar-refractivity contribution in [2.45, 2.75) is 39.0 Å². The number of aliphatic hydroxyl groups is 1. The SMILES string of the molecule is CC1(C)CCC(CN)(COCC(F)(F)F)C1O. The molecule has 0 aliphatic heterocycles. The van der Waals surface area contributed by atoms with E-state index in [9.17, 15) is 18.3 Å². The van der Waals surface area contributed by atoms with Gasteiger partial charge in [-0.2, -0.15) is 13.2 Å². The molecule has 0 aromatic heterocycles. The molecule has 102 valence electrons. The van der Waals surface area contributed by atoms with Crippen LogP contribution in [0.15, 0.2) is 0 Å². The van der Waals surface area contributed by atoms with E-state index < -0.39 is 24.3 Å². The largest absolute Gasteiger partial charge is 0.411 e. The van der Waals surface area contributed by atoms with E-state index in [0.717, 1.165) is 6.42 Å². The topological polar surface area (TPSA) is 55.5 Å². The van der Waals surface area contributed by atoms with Crippen LogP contribution in [0, 0.1) is 10.8 Å². The highest BCUT2D eigenvalue weighted by atomic mass is 19.4. The minimum atomic E-state index is -4.34. The van der Waals surface area contributed by atoms with Crippen molar-refractivity contribution in [2.75, 3.05) is 19.8 Å². The smallest absolute Gasteiger partial charge is 0.392 e. The Hall–Kier alpha value is -0.330. The monoisotopic (exact) mass is 255 g/mol. The number of halogens is 3. The van der Waals surface area contributed by atoms with Crippen LogP contribution in [0.5, 0.6) is 0 Å². The summed E-state index contributed by atoms with van der Waals surface area (Å²) in [6, 6.07) is 0. The van der Waals surface area contributed by atoms with Crippen LogP contribution in [0.2, 0.25) is 0 Å². The lowest BCUT2D eigenvalue weighted by molar-refractivity contribution is -0.185. The van der Waals surface area contributed by atoms with Gasteiger partial charge in [-0.1, -0.05) is 13.8 Å². The molecule has 0 heterocycles. The Labute approximate surface area is 99.1 Å². The van der Waals surface area contributed by atoms with Gasteiger partial charge in [-0.15, -0.1) is 0 Å². The van der Waals surface area contributed by atoms with E-state index in [-0.39, 0.29) is 18.6 Å². The summed E-state index contributed by atoms with van der Waals surface area (Å²) in [5.41, 5.74) is 4.55. The van der Waals surface area contributed by atoms with Gasteiger partial charge in [0.2, 0.25) is 0 Å². The van der Waals surface area contributed by atoms with Gasteiger partial charge in [-0.25, -0.2) is 0 Å². The quantitative estimate of drug-likeness (QED) is 0.803. The van der Waals surface area contributed by atoms with Crippen LogP contribution >= 0.6 is 0 Å². The van der Waals surface area contributed by atoms with E-state index in [0.29, 0.717) is 6.42 Å². The van der Waals surface area contributed by atoms with E-state index in [1.807, 2.05) is 13.8 Å². The summed E-state index contributed by atoms with van der Waals surface area (Å²) in [5.74, 6) is 0.